The predicted octanol–water partition coefficient (Wildman–Crippen LogP) is 6.82. The van der Waals surface area contributed by atoms with Gasteiger partial charge in [0.05, 0.1) is 29.4 Å². The standard InChI is InChI=1S/C33H47NO3S/c1-6-24-20-38-30(34-24)33(16-17-33)29(37)13-15-31(3,4)28-12-11-26-22(8-7-14-32(26,28)5)9-10-23-18-25(35)19-27(36)21(23)2/h9-10,13,15,20,25-29,35-37H,2,6-8,11-12,14,16-19H2,1,3-5H3/b15-13+,22-9+,23-10-/t25-,26+,27+,28-,29+,32+/m1/s1. The van der Waals surface area contributed by atoms with E-state index in [0.717, 1.165) is 47.5 Å². The summed E-state index contributed by atoms with van der Waals surface area (Å²) in [6.07, 6.45) is 17.1. The Morgan fingerprint density at radius 3 is 2.66 bits per heavy atom. The summed E-state index contributed by atoms with van der Waals surface area (Å²) in [5, 5.41) is 34.9. The molecule has 208 valence electrons. The molecular weight excluding hydrogens is 490 g/mol. The average Bonchev–Trinajstić information content (AvgIpc) is 3.38. The van der Waals surface area contributed by atoms with Crippen LogP contribution < -0.4 is 0 Å². The first-order valence-corrected chi connectivity index (χ1v) is 15.7. The molecule has 1 heterocycles. The largest absolute Gasteiger partial charge is 0.393 e. The second-order valence-electron chi connectivity index (χ2n) is 13.4. The maximum Gasteiger partial charge on any atom is 0.102 e. The highest BCUT2D eigenvalue weighted by Gasteiger charge is 2.54. The topological polar surface area (TPSA) is 73.6 Å². The van der Waals surface area contributed by atoms with E-state index in [1.165, 1.54) is 31.3 Å². The maximum absolute atomic E-state index is 11.3. The third-order valence-corrected chi connectivity index (χ3v) is 11.6. The van der Waals surface area contributed by atoms with Crippen molar-refractivity contribution in [1.82, 2.24) is 4.98 Å². The van der Waals surface area contributed by atoms with Gasteiger partial charge in [-0.25, -0.2) is 4.98 Å². The van der Waals surface area contributed by atoms with Crippen molar-refractivity contribution in [2.24, 2.45) is 22.7 Å². The Hall–Kier alpha value is -1.53. The zero-order valence-electron chi connectivity index (χ0n) is 23.7. The lowest BCUT2D eigenvalue weighted by Gasteiger charge is -2.47. The van der Waals surface area contributed by atoms with E-state index in [0.29, 0.717) is 24.7 Å². The Morgan fingerprint density at radius 2 is 1.97 bits per heavy atom. The number of hydrogen-bond acceptors (Lipinski definition) is 5. The fraction of sp³-hybridized carbons (Fsp3) is 0.667. The number of aliphatic hydroxyl groups is 3. The Labute approximate surface area is 233 Å². The molecule has 4 nitrogen and oxygen atoms in total. The maximum atomic E-state index is 11.3. The zero-order chi connectivity index (χ0) is 27.3. The van der Waals surface area contributed by atoms with E-state index in [9.17, 15) is 15.3 Å². The molecule has 1 aromatic rings. The number of hydrogen-bond donors (Lipinski definition) is 3. The summed E-state index contributed by atoms with van der Waals surface area (Å²) in [6.45, 7) is 13.5. The van der Waals surface area contributed by atoms with E-state index in [1.807, 2.05) is 0 Å². The molecule has 6 atom stereocenters. The number of nitrogens with zero attached hydrogens (tertiary/aromatic N) is 1. The van der Waals surface area contributed by atoms with Crippen molar-refractivity contribution >= 4 is 11.3 Å². The van der Waals surface area contributed by atoms with Gasteiger partial charge in [0.25, 0.3) is 0 Å². The Morgan fingerprint density at radius 1 is 1.21 bits per heavy atom. The summed E-state index contributed by atoms with van der Waals surface area (Å²) in [5.41, 5.74) is 4.45. The Kier molecular flexibility index (Phi) is 7.71. The Bertz CT molecular complexity index is 1140. The average molecular weight is 538 g/mol. The molecule has 0 aliphatic heterocycles. The van der Waals surface area contributed by atoms with Crippen LogP contribution in [-0.4, -0.2) is 38.6 Å². The molecule has 4 saturated carbocycles. The van der Waals surface area contributed by atoms with Crippen molar-refractivity contribution in [3.05, 3.63) is 63.7 Å². The number of rotatable bonds is 7. The fourth-order valence-corrected chi connectivity index (χ4v) is 9.23. The van der Waals surface area contributed by atoms with Crippen molar-refractivity contribution in [2.75, 3.05) is 0 Å². The first kappa shape index (κ1) is 28.0. The minimum absolute atomic E-state index is 0.00912. The molecule has 0 aromatic carbocycles. The molecular formula is C33H47NO3S. The summed E-state index contributed by atoms with van der Waals surface area (Å²) in [4.78, 5) is 4.82. The molecule has 4 aliphatic rings. The monoisotopic (exact) mass is 537 g/mol. The van der Waals surface area contributed by atoms with Crippen molar-refractivity contribution in [1.29, 1.82) is 0 Å². The molecule has 1 aromatic heterocycles. The van der Waals surface area contributed by atoms with Crippen molar-refractivity contribution in [3.8, 4) is 0 Å². The second kappa shape index (κ2) is 10.5. The molecule has 3 N–H and O–H groups in total. The first-order valence-electron chi connectivity index (χ1n) is 14.8. The van der Waals surface area contributed by atoms with Gasteiger partial charge in [-0.15, -0.1) is 11.3 Å². The quantitative estimate of drug-likeness (QED) is 0.334. The summed E-state index contributed by atoms with van der Waals surface area (Å²) in [7, 11) is 0. The van der Waals surface area contributed by atoms with Gasteiger partial charge in [0, 0.05) is 11.8 Å². The number of aryl methyl sites for hydroxylation is 1. The van der Waals surface area contributed by atoms with Gasteiger partial charge in [0.1, 0.15) is 5.01 Å². The fourth-order valence-electron chi connectivity index (χ4n) is 8.04. The van der Waals surface area contributed by atoms with E-state index < -0.39 is 18.3 Å². The minimum Gasteiger partial charge on any atom is -0.393 e. The van der Waals surface area contributed by atoms with Gasteiger partial charge in [-0.2, -0.15) is 0 Å². The molecule has 0 radical (unpaired) electrons. The van der Waals surface area contributed by atoms with E-state index in [4.69, 9.17) is 4.98 Å². The van der Waals surface area contributed by atoms with Gasteiger partial charge in [-0.3, -0.25) is 0 Å². The Balaban J connectivity index is 1.32. The van der Waals surface area contributed by atoms with E-state index >= 15 is 0 Å². The van der Waals surface area contributed by atoms with Gasteiger partial charge in [0.15, 0.2) is 0 Å². The summed E-state index contributed by atoms with van der Waals surface area (Å²) in [5.74, 6) is 1.11. The minimum atomic E-state index is -0.641. The van der Waals surface area contributed by atoms with E-state index in [1.54, 1.807) is 11.3 Å². The molecule has 4 fully saturated rings. The molecule has 0 bridgehead atoms. The van der Waals surface area contributed by atoms with Crippen LogP contribution in [0.3, 0.4) is 0 Å². The molecule has 38 heavy (non-hydrogen) atoms. The van der Waals surface area contributed by atoms with Crippen LogP contribution in [0.25, 0.3) is 0 Å². The molecule has 0 spiro atoms. The lowest BCUT2D eigenvalue weighted by Crippen LogP contribution is -2.39. The number of aromatic nitrogens is 1. The molecule has 5 heteroatoms. The molecule has 0 amide bonds. The number of fused-ring (bicyclic) bond motifs is 1. The molecule has 4 aliphatic carbocycles. The van der Waals surface area contributed by atoms with Crippen molar-refractivity contribution in [3.63, 3.8) is 0 Å². The normalized spacial score (nSPS) is 36.2. The highest BCUT2D eigenvalue weighted by atomic mass is 32.1. The smallest absolute Gasteiger partial charge is 0.102 e. The third kappa shape index (κ3) is 5.05. The number of aliphatic hydroxyl groups excluding tert-OH is 3. The van der Waals surface area contributed by atoms with Crippen molar-refractivity contribution < 1.29 is 15.3 Å². The van der Waals surface area contributed by atoms with Gasteiger partial charge < -0.3 is 15.3 Å². The van der Waals surface area contributed by atoms with Crippen LogP contribution >= 0.6 is 11.3 Å². The van der Waals surface area contributed by atoms with Gasteiger partial charge in [-0.05, 0) is 91.6 Å². The van der Waals surface area contributed by atoms with Crippen LogP contribution in [-0.2, 0) is 11.8 Å². The zero-order valence-corrected chi connectivity index (χ0v) is 24.6. The van der Waals surface area contributed by atoms with Gasteiger partial charge >= 0.3 is 0 Å². The van der Waals surface area contributed by atoms with Crippen LogP contribution in [0.5, 0.6) is 0 Å². The SMILES string of the molecule is C=C1/C(=C\C=C2/CCC[C@]3(C)[C@@H](C(C)(C)/C=C/[C@H](O)C4(c5nc(CC)cs5)CC4)CC[C@@H]23)C[C@@H](O)C[C@@H]1O. The lowest BCUT2D eigenvalue weighted by atomic mass is 9.57. The number of thiazole rings is 1. The summed E-state index contributed by atoms with van der Waals surface area (Å²) < 4.78 is 0. The predicted molar refractivity (Wildman–Crippen MR) is 156 cm³/mol. The van der Waals surface area contributed by atoms with Crippen LogP contribution in [0.4, 0.5) is 0 Å². The highest BCUT2D eigenvalue weighted by Crippen LogP contribution is 2.62. The summed E-state index contributed by atoms with van der Waals surface area (Å²) >= 11 is 1.71. The number of allylic oxidation sites excluding steroid dienone is 4. The van der Waals surface area contributed by atoms with Crippen LogP contribution in [0.2, 0.25) is 0 Å². The molecule has 0 saturated heterocycles. The van der Waals surface area contributed by atoms with E-state index in [-0.39, 0.29) is 16.2 Å². The summed E-state index contributed by atoms with van der Waals surface area (Å²) in [6, 6.07) is 0. The highest BCUT2D eigenvalue weighted by molar-refractivity contribution is 7.09. The first-order chi connectivity index (χ1) is 18.0. The second-order valence-corrected chi connectivity index (χ2v) is 14.2. The van der Waals surface area contributed by atoms with Crippen LogP contribution in [0.15, 0.2) is 53.0 Å². The molecule has 5 rings (SSSR count). The van der Waals surface area contributed by atoms with Gasteiger partial charge in [0.2, 0.25) is 0 Å². The molecule has 0 unspecified atom stereocenters. The third-order valence-electron chi connectivity index (χ3n) is 10.5. The van der Waals surface area contributed by atoms with E-state index in [2.05, 4.69) is 64.0 Å². The van der Waals surface area contributed by atoms with Crippen molar-refractivity contribution in [2.45, 2.75) is 116 Å². The van der Waals surface area contributed by atoms with Crippen LogP contribution in [0, 0.1) is 22.7 Å². The van der Waals surface area contributed by atoms with Crippen LogP contribution in [0.1, 0.15) is 96.2 Å². The lowest BCUT2D eigenvalue weighted by molar-refractivity contribution is 0.0706. The van der Waals surface area contributed by atoms with Gasteiger partial charge in [-0.1, -0.05) is 64.2 Å².